The van der Waals surface area contributed by atoms with Gasteiger partial charge in [0.25, 0.3) is 11.2 Å². The first-order valence-corrected chi connectivity index (χ1v) is 8.26. The molecule has 0 radical (unpaired) electrons. The van der Waals surface area contributed by atoms with Crippen molar-refractivity contribution in [3.63, 3.8) is 0 Å². The maximum absolute atomic E-state index is 12.4. The fraction of sp³-hybridized carbons (Fsp3) is 0.0556. The van der Waals surface area contributed by atoms with Crippen LogP contribution >= 0.6 is 11.6 Å². The van der Waals surface area contributed by atoms with Gasteiger partial charge in [-0.15, -0.1) is 10.2 Å². The summed E-state index contributed by atoms with van der Waals surface area (Å²) < 4.78 is 7.12. The number of rotatable bonds is 4. The molecule has 0 aliphatic carbocycles. The van der Waals surface area contributed by atoms with Crippen molar-refractivity contribution < 1.29 is 9.34 Å². The van der Waals surface area contributed by atoms with Crippen LogP contribution in [0.3, 0.4) is 0 Å². The third-order valence-corrected chi connectivity index (χ3v) is 4.37. The first-order chi connectivity index (χ1) is 13.0. The van der Waals surface area contributed by atoms with E-state index in [4.69, 9.17) is 16.0 Å². The van der Waals surface area contributed by atoms with E-state index in [9.17, 15) is 14.9 Å². The molecule has 0 fully saturated rings. The molecule has 2 aromatic carbocycles. The van der Waals surface area contributed by atoms with Gasteiger partial charge in [-0.25, -0.2) is 0 Å². The van der Waals surface area contributed by atoms with Crippen molar-refractivity contribution in [2.24, 2.45) is 0 Å². The predicted octanol–water partition coefficient (Wildman–Crippen LogP) is 3.66. The van der Waals surface area contributed by atoms with Crippen LogP contribution in [0.1, 0.15) is 5.89 Å². The van der Waals surface area contributed by atoms with Gasteiger partial charge in [-0.3, -0.25) is 19.5 Å². The average Bonchev–Trinajstić information content (AvgIpc) is 3.14. The van der Waals surface area contributed by atoms with Crippen LogP contribution in [-0.4, -0.2) is 19.7 Å². The number of halogens is 1. The smallest absolute Gasteiger partial charge is 0.269 e. The molecule has 0 aliphatic rings. The molecule has 2 heterocycles. The molecule has 27 heavy (non-hydrogen) atoms. The molecule has 0 amide bonds. The zero-order valence-electron chi connectivity index (χ0n) is 13.7. The predicted molar refractivity (Wildman–Crippen MR) is 98.7 cm³/mol. The summed E-state index contributed by atoms with van der Waals surface area (Å²) in [6, 6.07) is 14.4. The summed E-state index contributed by atoms with van der Waals surface area (Å²) in [6.45, 7) is 0.0799. The van der Waals surface area contributed by atoms with Gasteiger partial charge in [0.1, 0.15) is 6.54 Å². The number of hydrogen-bond donors (Lipinski definition) is 0. The normalized spacial score (nSPS) is 11.0. The molecular weight excluding hydrogens is 372 g/mol. The van der Waals surface area contributed by atoms with Crippen LogP contribution in [0.2, 0.25) is 5.02 Å². The number of nitro benzene ring substituents is 1. The van der Waals surface area contributed by atoms with Crippen molar-refractivity contribution in [2.75, 3.05) is 0 Å². The van der Waals surface area contributed by atoms with Gasteiger partial charge in [-0.05, 0) is 18.2 Å². The van der Waals surface area contributed by atoms with Gasteiger partial charge in [0.2, 0.25) is 11.8 Å². The van der Waals surface area contributed by atoms with E-state index >= 15 is 0 Å². The third-order valence-electron chi connectivity index (χ3n) is 4.05. The highest BCUT2D eigenvalue weighted by atomic mass is 35.5. The van der Waals surface area contributed by atoms with E-state index in [1.165, 1.54) is 34.9 Å². The van der Waals surface area contributed by atoms with Crippen molar-refractivity contribution in [3.05, 3.63) is 86.0 Å². The number of fused-ring (bicyclic) bond motifs is 1. The van der Waals surface area contributed by atoms with E-state index in [0.717, 1.165) is 5.39 Å². The van der Waals surface area contributed by atoms with E-state index in [1.54, 1.807) is 6.07 Å². The second-order valence-corrected chi connectivity index (χ2v) is 6.15. The Hall–Kier alpha value is -3.52. The van der Waals surface area contributed by atoms with Gasteiger partial charge in [0.05, 0.1) is 15.5 Å². The highest BCUT2D eigenvalue weighted by Crippen LogP contribution is 2.23. The molecule has 8 nitrogen and oxygen atoms in total. The fourth-order valence-corrected chi connectivity index (χ4v) is 3.01. The number of aromatic nitrogens is 3. The van der Waals surface area contributed by atoms with E-state index in [0.29, 0.717) is 16.1 Å². The first kappa shape index (κ1) is 16.9. The number of para-hydroxylation sites is 1. The molecule has 0 saturated carbocycles. The van der Waals surface area contributed by atoms with E-state index in [1.807, 2.05) is 18.2 Å². The Morgan fingerprint density at radius 3 is 2.59 bits per heavy atom. The van der Waals surface area contributed by atoms with E-state index in [-0.39, 0.29) is 29.6 Å². The molecule has 2 aromatic heterocycles. The molecule has 0 unspecified atom stereocenters. The zero-order valence-corrected chi connectivity index (χ0v) is 14.5. The lowest BCUT2D eigenvalue weighted by Gasteiger charge is -2.08. The molecule has 0 saturated heterocycles. The van der Waals surface area contributed by atoms with E-state index in [2.05, 4.69) is 10.2 Å². The maximum atomic E-state index is 12.4. The topological polar surface area (TPSA) is 104 Å². The van der Waals surface area contributed by atoms with Crippen molar-refractivity contribution in [1.82, 2.24) is 14.8 Å². The van der Waals surface area contributed by atoms with Crippen LogP contribution in [0.15, 0.2) is 63.8 Å². The molecule has 0 N–H and O–H groups in total. The fourth-order valence-electron chi connectivity index (χ4n) is 2.75. The molecule has 4 aromatic rings. The molecule has 0 bridgehead atoms. The van der Waals surface area contributed by atoms with Gasteiger partial charge >= 0.3 is 0 Å². The van der Waals surface area contributed by atoms with Crippen LogP contribution < -0.4 is 5.56 Å². The highest BCUT2D eigenvalue weighted by molar-refractivity contribution is 6.35. The van der Waals surface area contributed by atoms with Gasteiger partial charge in [0, 0.05) is 29.1 Å². The molecule has 0 aliphatic heterocycles. The Bertz CT molecular complexity index is 1210. The summed E-state index contributed by atoms with van der Waals surface area (Å²) in [6.07, 6.45) is 0. The second-order valence-electron chi connectivity index (χ2n) is 5.74. The highest BCUT2D eigenvalue weighted by Gasteiger charge is 2.14. The van der Waals surface area contributed by atoms with Crippen LogP contribution in [0.5, 0.6) is 0 Å². The van der Waals surface area contributed by atoms with Gasteiger partial charge < -0.3 is 4.42 Å². The second kappa shape index (κ2) is 6.65. The number of nitro groups is 1. The summed E-state index contributed by atoms with van der Waals surface area (Å²) in [7, 11) is 0. The molecular formula is C18H11ClN4O4. The molecule has 0 atom stereocenters. The van der Waals surface area contributed by atoms with Gasteiger partial charge in [-0.1, -0.05) is 29.8 Å². The number of pyridine rings is 1. The summed E-state index contributed by atoms with van der Waals surface area (Å²) in [5.41, 5.74) is 0.893. The summed E-state index contributed by atoms with van der Waals surface area (Å²) in [5.74, 6) is 0.448. The Kier molecular flexibility index (Phi) is 4.17. The molecule has 9 heteroatoms. The Morgan fingerprint density at radius 2 is 1.85 bits per heavy atom. The summed E-state index contributed by atoms with van der Waals surface area (Å²) in [5, 5.41) is 19.8. The van der Waals surface area contributed by atoms with E-state index < -0.39 is 4.92 Å². The first-order valence-electron chi connectivity index (χ1n) is 7.88. The number of benzene rings is 2. The SMILES string of the molecule is O=c1cc(Cl)c2ccccc2n1Cc1nnc(-c2ccc([N+](=O)[O-])cc2)o1. The number of hydrogen-bond acceptors (Lipinski definition) is 6. The minimum atomic E-state index is -0.485. The zero-order chi connectivity index (χ0) is 19.0. The largest absolute Gasteiger partial charge is 0.419 e. The van der Waals surface area contributed by atoms with Crippen molar-refractivity contribution in [2.45, 2.75) is 6.54 Å². The van der Waals surface area contributed by atoms with Crippen molar-refractivity contribution >= 4 is 28.2 Å². The third kappa shape index (κ3) is 3.18. The van der Waals surface area contributed by atoms with Crippen LogP contribution in [-0.2, 0) is 6.54 Å². The van der Waals surface area contributed by atoms with Crippen LogP contribution in [0.4, 0.5) is 5.69 Å². The van der Waals surface area contributed by atoms with Crippen LogP contribution in [0.25, 0.3) is 22.4 Å². The average molecular weight is 383 g/mol. The lowest BCUT2D eigenvalue weighted by Crippen LogP contribution is -2.20. The van der Waals surface area contributed by atoms with Gasteiger partial charge in [-0.2, -0.15) is 0 Å². The van der Waals surface area contributed by atoms with Crippen LogP contribution in [0, 0.1) is 10.1 Å². The lowest BCUT2D eigenvalue weighted by molar-refractivity contribution is -0.384. The van der Waals surface area contributed by atoms with Gasteiger partial charge in [0.15, 0.2) is 0 Å². The Labute approximate surface area is 156 Å². The summed E-state index contributed by atoms with van der Waals surface area (Å²) in [4.78, 5) is 22.6. The minimum absolute atomic E-state index is 0.0299. The maximum Gasteiger partial charge on any atom is 0.269 e. The number of nitrogens with zero attached hydrogens (tertiary/aromatic N) is 4. The molecule has 0 spiro atoms. The quantitative estimate of drug-likeness (QED) is 0.394. The summed E-state index contributed by atoms with van der Waals surface area (Å²) >= 11 is 6.14. The van der Waals surface area contributed by atoms with Crippen molar-refractivity contribution in [3.8, 4) is 11.5 Å². The lowest BCUT2D eigenvalue weighted by atomic mass is 10.2. The standard InChI is InChI=1S/C18H11ClN4O4/c19-14-9-17(24)22(15-4-2-1-3-13(14)15)10-16-20-21-18(27-16)11-5-7-12(8-6-11)23(25)26/h1-9H,10H2. The Balaban J connectivity index is 1.68. The number of non-ortho nitro benzene ring substituents is 1. The monoisotopic (exact) mass is 382 g/mol. The molecule has 4 rings (SSSR count). The minimum Gasteiger partial charge on any atom is -0.419 e. The molecule has 134 valence electrons. The van der Waals surface area contributed by atoms with Crippen molar-refractivity contribution in [1.29, 1.82) is 0 Å². The Morgan fingerprint density at radius 1 is 1.11 bits per heavy atom.